The van der Waals surface area contributed by atoms with Crippen LogP contribution in [-0.4, -0.2) is 24.4 Å². The van der Waals surface area contributed by atoms with Crippen molar-refractivity contribution in [2.75, 3.05) is 0 Å². The van der Waals surface area contributed by atoms with E-state index in [-0.39, 0.29) is 23.3 Å². The lowest BCUT2D eigenvalue weighted by molar-refractivity contribution is 0.0701. The molecule has 1 aliphatic rings. The molecule has 0 radical (unpaired) electrons. The van der Waals surface area contributed by atoms with Crippen molar-refractivity contribution in [3.05, 3.63) is 29.6 Å². The molecule has 3 nitrogen and oxygen atoms in total. The Bertz CT molecular complexity index is 543. The monoisotopic (exact) mass is 258 g/mol. The third kappa shape index (κ3) is 2.21. The Morgan fingerprint density at radius 2 is 2.12 bits per heavy atom. The largest absolute Gasteiger partial charge is 0.390 e. The SMILES string of the molecule is CC(C)(O)CC1Cc2c(F)cccc2S1(=O)=O. The van der Waals surface area contributed by atoms with Crippen LogP contribution in [0.4, 0.5) is 4.39 Å². The number of rotatable bonds is 2. The average molecular weight is 258 g/mol. The van der Waals surface area contributed by atoms with Gasteiger partial charge < -0.3 is 5.11 Å². The molecule has 0 saturated heterocycles. The van der Waals surface area contributed by atoms with Gasteiger partial charge in [-0.25, -0.2) is 12.8 Å². The maximum atomic E-state index is 13.5. The Labute approximate surface area is 100 Å². The zero-order valence-corrected chi connectivity index (χ0v) is 10.6. The van der Waals surface area contributed by atoms with E-state index in [1.807, 2.05) is 0 Å². The van der Waals surface area contributed by atoms with Crippen molar-refractivity contribution in [2.45, 2.75) is 42.4 Å². The van der Waals surface area contributed by atoms with Crippen LogP contribution in [0, 0.1) is 5.82 Å². The molecule has 0 bridgehead atoms. The molecule has 1 heterocycles. The summed E-state index contributed by atoms with van der Waals surface area (Å²) in [5, 5.41) is 8.97. The maximum absolute atomic E-state index is 13.5. The van der Waals surface area contributed by atoms with Crippen molar-refractivity contribution in [3.63, 3.8) is 0 Å². The molecule has 0 saturated carbocycles. The second-order valence-electron chi connectivity index (χ2n) is 5.10. The molecule has 1 aromatic rings. The predicted octanol–water partition coefficient (Wildman–Crippen LogP) is 1.69. The summed E-state index contributed by atoms with van der Waals surface area (Å²) in [5.41, 5.74) is -0.822. The van der Waals surface area contributed by atoms with Gasteiger partial charge in [-0.15, -0.1) is 0 Å². The second-order valence-corrected chi connectivity index (χ2v) is 7.30. The first kappa shape index (κ1) is 12.5. The van der Waals surface area contributed by atoms with Gasteiger partial charge in [0.05, 0.1) is 15.7 Å². The molecule has 0 amide bonds. The van der Waals surface area contributed by atoms with Crippen LogP contribution in [0.5, 0.6) is 0 Å². The van der Waals surface area contributed by atoms with E-state index in [1.165, 1.54) is 18.2 Å². The molecule has 1 atom stereocenters. The second kappa shape index (κ2) is 3.78. The highest BCUT2D eigenvalue weighted by atomic mass is 32.2. The summed E-state index contributed by atoms with van der Waals surface area (Å²) in [4.78, 5) is 0.0757. The summed E-state index contributed by atoms with van der Waals surface area (Å²) in [6.07, 6.45) is 0.262. The number of fused-ring (bicyclic) bond motifs is 1. The van der Waals surface area contributed by atoms with Crippen molar-refractivity contribution in [2.24, 2.45) is 0 Å². The summed E-state index contributed by atoms with van der Waals surface area (Å²) in [6.45, 7) is 3.11. The van der Waals surface area contributed by atoms with E-state index in [4.69, 9.17) is 0 Å². The zero-order valence-electron chi connectivity index (χ0n) is 9.77. The molecule has 1 aliphatic heterocycles. The Morgan fingerprint density at radius 3 is 2.65 bits per heavy atom. The predicted molar refractivity (Wildman–Crippen MR) is 62.0 cm³/mol. The lowest BCUT2D eigenvalue weighted by Gasteiger charge is -2.20. The highest BCUT2D eigenvalue weighted by Gasteiger charge is 2.40. The number of halogens is 1. The third-order valence-corrected chi connectivity index (χ3v) is 5.19. The van der Waals surface area contributed by atoms with Gasteiger partial charge in [-0.1, -0.05) is 6.07 Å². The molecule has 17 heavy (non-hydrogen) atoms. The van der Waals surface area contributed by atoms with E-state index in [1.54, 1.807) is 13.8 Å². The first-order valence-electron chi connectivity index (χ1n) is 5.45. The quantitative estimate of drug-likeness (QED) is 0.878. The normalized spacial score (nSPS) is 22.5. The number of hydrogen-bond acceptors (Lipinski definition) is 3. The molecule has 0 aliphatic carbocycles. The van der Waals surface area contributed by atoms with Gasteiger partial charge in [0.25, 0.3) is 0 Å². The van der Waals surface area contributed by atoms with Gasteiger partial charge in [-0.05, 0) is 38.8 Å². The van der Waals surface area contributed by atoms with Gasteiger partial charge >= 0.3 is 0 Å². The minimum Gasteiger partial charge on any atom is -0.390 e. The van der Waals surface area contributed by atoms with Crippen LogP contribution < -0.4 is 0 Å². The minimum absolute atomic E-state index is 0.0757. The highest BCUT2D eigenvalue weighted by molar-refractivity contribution is 7.92. The molecule has 94 valence electrons. The molecule has 0 fully saturated rings. The fourth-order valence-corrected chi connectivity index (χ4v) is 4.42. The van der Waals surface area contributed by atoms with E-state index in [2.05, 4.69) is 0 Å². The number of sulfone groups is 1. The summed E-state index contributed by atoms with van der Waals surface area (Å²) < 4.78 is 37.8. The maximum Gasteiger partial charge on any atom is 0.182 e. The Hall–Kier alpha value is -0.940. The van der Waals surface area contributed by atoms with E-state index < -0.39 is 26.5 Å². The van der Waals surface area contributed by atoms with Gasteiger partial charge in [-0.3, -0.25) is 0 Å². The minimum atomic E-state index is -3.50. The number of hydrogen-bond donors (Lipinski definition) is 1. The molecule has 1 aromatic carbocycles. The van der Waals surface area contributed by atoms with E-state index in [9.17, 15) is 17.9 Å². The van der Waals surface area contributed by atoms with Crippen LogP contribution in [0.2, 0.25) is 0 Å². The van der Waals surface area contributed by atoms with Crippen molar-refractivity contribution in [3.8, 4) is 0 Å². The Morgan fingerprint density at radius 1 is 1.47 bits per heavy atom. The molecular formula is C12H15FO3S. The van der Waals surface area contributed by atoms with E-state index in [0.717, 1.165) is 0 Å². The van der Waals surface area contributed by atoms with Crippen LogP contribution in [0.15, 0.2) is 23.1 Å². The first-order valence-corrected chi connectivity index (χ1v) is 7.00. The first-order chi connectivity index (χ1) is 7.72. The van der Waals surface area contributed by atoms with Gasteiger partial charge in [0.15, 0.2) is 9.84 Å². The summed E-state index contributed by atoms with van der Waals surface area (Å²) >= 11 is 0. The van der Waals surface area contributed by atoms with E-state index >= 15 is 0 Å². The zero-order chi connectivity index (χ0) is 12.8. The fraction of sp³-hybridized carbons (Fsp3) is 0.500. The lowest BCUT2D eigenvalue weighted by Crippen LogP contribution is -2.30. The van der Waals surface area contributed by atoms with Gasteiger partial charge in [0.1, 0.15) is 5.82 Å². The Balaban J connectivity index is 2.44. The lowest BCUT2D eigenvalue weighted by atomic mass is 9.99. The van der Waals surface area contributed by atoms with Crippen molar-refractivity contribution >= 4 is 9.84 Å². The number of aliphatic hydroxyl groups is 1. The van der Waals surface area contributed by atoms with E-state index in [0.29, 0.717) is 0 Å². The van der Waals surface area contributed by atoms with Crippen LogP contribution in [-0.2, 0) is 16.3 Å². The fourth-order valence-electron chi connectivity index (χ4n) is 2.26. The van der Waals surface area contributed by atoms with Crippen molar-refractivity contribution < 1.29 is 17.9 Å². The molecule has 0 aromatic heterocycles. The molecule has 1 unspecified atom stereocenters. The summed E-state index contributed by atoms with van der Waals surface area (Å²) in [6, 6.07) is 4.09. The molecule has 5 heteroatoms. The smallest absolute Gasteiger partial charge is 0.182 e. The van der Waals surface area contributed by atoms with Crippen LogP contribution in [0.3, 0.4) is 0 Å². The van der Waals surface area contributed by atoms with Gasteiger partial charge in [0.2, 0.25) is 0 Å². The van der Waals surface area contributed by atoms with Crippen LogP contribution >= 0.6 is 0 Å². The molecular weight excluding hydrogens is 243 g/mol. The van der Waals surface area contributed by atoms with Crippen molar-refractivity contribution in [1.82, 2.24) is 0 Å². The van der Waals surface area contributed by atoms with Gasteiger partial charge in [0, 0.05) is 5.56 Å². The summed E-state index contributed by atoms with van der Waals surface area (Å²) in [7, 11) is -3.50. The third-order valence-electron chi connectivity index (χ3n) is 2.98. The Kier molecular flexibility index (Phi) is 2.78. The van der Waals surface area contributed by atoms with Crippen LogP contribution in [0.25, 0.3) is 0 Å². The van der Waals surface area contributed by atoms with Crippen molar-refractivity contribution in [1.29, 1.82) is 0 Å². The molecule has 1 N–H and O–H groups in total. The molecule has 0 spiro atoms. The standard InChI is InChI=1S/C12H15FO3S/c1-12(2,14)7-8-6-9-10(13)4-3-5-11(9)17(8,15)16/h3-5,8,14H,6-7H2,1-2H3. The van der Waals surface area contributed by atoms with Crippen LogP contribution in [0.1, 0.15) is 25.8 Å². The number of benzene rings is 1. The molecule has 2 rings (SSSR count). The van der Waals surface area contributed by atoms with Gasteiger partial charge in [-0.2, -0.15) is 0 Å². The average Bonchev–Trinajstić information content (AvgIpc) is 2.39. The summed E-state index contributed by atoms with van der Waals surface area (Å²) in [5.74, 6) is -0.482. The highest BCUT2D eigenvalue weighted by Crippen LogP contribution is 2.36. The topological polar surface area (TPSA) is 54.4 Å².